The molecule has 2 aromatic heterocycles. The molecule has 2 aromatic rings. The number of nitrogens with zero attached hydrogens (tertiary/aromatic N) is 6. The molecule has 0 radical (unpaired) electrons. The highest BCUT2D eigenvalue weighted by atomic mass is 16.7. The van der Waals surface area contributed by atoms with Crippen LogP contribution in [0.4, 0.5) is 5.95 Å². The smallest absolute Gasteiger partial charge is 0.463 e. The molecule has 3 rings (SSSR count). The van der Waals surface area contributed by atoms with E-state index in [0.717, 1.165) is 29.4 Å². The molecule has 0 N–H and O–H groups in total. The highest BCUT2D eigenvalue weighted by molar-refractivity contribution is 5.68. The fourth-order valence-electron chi connectivity index (χ4n) is 3.09. The maximum atomic E-state index is 12.7. The van der Waals surface area contributed by atoms with Crippen LogP contribution in [-0.4, -0.2) is 72.1 Å². The molecule has 0 bridgehead atoms. The maximum absolute atomic E-state index is 12.7. The molecule has 33 heavy (non-hydrogen) atoms. The summed E-state index contributed by atoms with van der Waals surface area (Å²) in [5.74, 6) is -2.86. The molecule has 0 aromatic carbocycles. The Hall–Kier alpha value is -4.21. The summed E-state index contributed by atoms with van der Waals surface area (Å²) in [6, 6.07) is 1.29. The lowest BCUT2D eigenvalue weighted by Crippen LogP contribution is -2.41. The summed E-state index contributed by atoms with van der Waals surface area (Å²) in [7, 11) is 0. The Morgan fingerprint density at radius 1 is 1.15 bits per heavy atom. The number of esters is 3. The van der Waals surface area contributed by atoms with Crippen molar-refractivity contribution >= 4 is 23.9 Å². The van der Waals surface area contributed by atoms with Crippen LogP contribution in [0.5, 0.6) is 0 Å². The van der Waals surface area contributed by atoms with Crippen LogP contribution in [0.2, 0.25) is 0 Å². The van der Waals surface area contributed by atoms with Crippen LogP contribution in [0, 0.1) is 10.1 Å². The second kappa shape index (κ2) is 9.51. The third kappa shape index (κ3) is 5.35. The van der Waals surface area contributed by atoms with Gasteiger partial charge in [-0.3, -0.25) is 19.0 Å². The predicted molar refractivity (Wildman–Crippen MR) is 102 cm³/mol. The lowest BCUT2D eigenvalue weighted by Gasteiger charge is -2.23. The molecule has 1 fully saturated rings. The number of nitro groups is 1. The normalized spacial score (nSPS) is 21.9. The third-order valence-electron chi connectivity index (χ3n) is 4.31. The van der Waals surface area contributed by atoms with E-state index in [0.29, 0.717) is 0 Å². The number of hydrogen-bond acceptors (Lipinski definition) is 13. The van der Waals surface area contributed by atoms with E-state index in [1.165, 1.54) is 19.2 Å². The van der Waals surface area contributed by atoms with Crippen molar-refractivity contribution in [3.8, 4) is 5.82 Å². The Balaban J connectivity index is 1.96. The molecule has 0 aliphatic carbocycles. The van der Waals surface area contributed by atoms with Crippen molar-refractivity contribution in [3.63, 3.8) is 0 Å². The van der Waals surface area contributed by atoms with Crippen LogP contribution in [0.25, 0.3) is 5.82 Å². The Morgan fingerprint density at radius 3 is 2.36 bits per heavy atom. The van der Waals surface area contributed by atoms with Crippen LogP contribution >= 0.6 is 0 Å². The highest BCUT2D eigenvalue weighted by Gasteiger charge is 2.51. The van der Waals surface area contributed by atoms with Gasteiger partial charge in [0, 0.05) is 38.1 Å². The number of ether oxygens (including phenoxy) is 4. The largest absolute Gasteiger partial charge is 0.491 e. The molecule has 1 aliphatic heterocycles. The van der Waals surface area contributed by atoms with Gasteiger partial charge in [0.1, 0.15) is 12.7 Å². The van der Waals surface area contributed by atoms with Crippen molar-refractivity contribution in [2.75, 3.05) is 6.61 Å². The Kier molecular flexibility index (Phi) is 6.76. The molecule has 0 saturated carbocycles. The summed E-state index contributed by atoms with van der Waals surface area (Å²) in [4.78, 5) is 64.4. The average Bonchev–Trinajstić information content (AvgIpc) is 3.32. The zero-order chi connectivity index (χ0) is 24.3. The fourth-order valence-corrected chi connectivity index (χ4v) is 3.09. The van der Waals surface area contributed by atoms with Gasteiger partial charge in [0.05, 0.1) is 0 Å². The molecular weight excluding hydrogens is 448 g/mol. The first-order valence-electron chi connectivity index (χ1n) is 9.35. The Labute approximate surface area is 184 Å². The number of hydrogen-bond donors (Lipinski definition) is 0. The average molecular weight is 466 g/mol. The maximum Gasteiger partial charge on any atom is 0.491 e. The minimum absolute atomic E-state index is 0.0770. The lowest BCUT2D eigenvalue weighted by molar-refractivity contribution is -0.394. The van der Waals surface area contributed by atoms with E-state index < -0.39 is 59.0 Å². The van der Waals surface area contributed by atoms with Gasteiger partial charge in [-0.05, 0) is 4.92 Å². The summed E-state index contributed by atoms with van der Waals surface area (Å²) in [6.45, 7) is 3.06. The summed E-state index contributed by atoms with van der Waals surface area (Å²) >= 11 is 0. The molecule has 0 amide bonds. The topological polar surface area (TPSA) is 197 Å². The first-order valence-corrected chi connectivity index (χ1v) is 9.35. The molecular formula is C17H18N6O10. The van der Waals surface area contributed by atoms with Gasteiger partial charge in [-0.2, -0.15) is 4.98 Å². The van der Waals surface area contributed by atoms with E-state index in [1.807, 2.05) is 0 Å². The van der Waals surface area contributed by atoms with Crippen LogP contribution in [0.15, 0.2) is 23.4 Å². The van der Waals surface area contributed by atoms with E-state index in [2.05, 4.69) is 15.1 Å². The van der Waals surface area contributed by atoms with Crippen LogP contribution in [0.1, 0.15) is 27.0 Å². The second-order valence-electron chi connectivity index (χ2n) is 6.74. The minimum atomic E-state index is -1.29. The molecule has 1 aliphatic rings. The quantitative estimate of drug-likeness (QED) is 0.210. The van der Waals surface area contributed by atoms with Crippen molar-refractivity contribution < 1.29 is 38.3 Å². The van der Waals surface area contributed by atoms with Crippen molar-refractivity contribution in [2.45, 2.75) is 45.3 Å². The third-order valence-corrected chi connectivity index (χ3v) is 4.31. The Bertz CT molecular complexity index is 1140. The van der Waals surface area contributed by atoms with Gasteiger partial charge < -0.3 is 29.1 Å². The standard InChI is InChI=1S/C17H18N6O10/c1-8(24)30-6-11-13(31-9(2)25)14(32-10(3)26)15(33-11)21-5-4-12(19-17(21)27)22-7-18-16(20-22)23(28)29/h4-5,7,11,13-15H,6H2,1-3H3/t11-,13-,14-,15-/m1/s1. The monoisotopic (exact) mass is 466 g/mol. The molecule has 0 unspecified atom stereocenters. The van der Waals surface area contributed by atoms with Gasteiger partial charge in [-0.25, -0.2) is 4.79 Å². The van der Waals surface area contributed by atoms with Gasteiger partial charge in [0.15, 0.2) is 24.3 Å². The van der Waals surface area contributed by atoms with Gasteiger partial charge in [0.2, 0.25) is 6.33 Å². The van der Waals surface area contributed by atoms with Crippen LogP contribution < -0.4 is 5.69 Å². The molecule has 1 saturated heterocycles. The van der Waals surface area contributed by atoms with E-state index in [-0.39, 0.29) is 12.4 Å². The highest BCUT2D eigenvalue weighted by Crippen LogP contribution is 2.33. The predicted octanol–water partition coefficient (Wildman–Crippen LogP) is -0.944. The first-order chi connectivity index (χ1) is 15.6. The van der Waals surface area contributed by atoms with E-state index in [4.69, 9.17) is 18.9 Å². The van der Waals surface area contributed by atoms with Crippen molar-refractivity contribution in [1.82, 2.24) is 24.3 Å². The van der Waals surface area contributed by atoms with Crippen molar-refractivity contribution in [3.05, 3.63) is 39.2 Å². The van der Waals surface area contributed by atoms with Gasteiger partial charge in [0.25, 0.3) is 0 Å². The van der Waals surface area contributed by atoms with E-state index >= 15 is 0 Å². The summed E-state index contributed by atoms with van der Waals surface area (Å²) in [6.07, 6.45) is -2.60. The first kappa shape index (κ1) is 23.5. The number of carbonyl (C=O) groups is 3. The zero-order valence-corrected chi connectivity index (χ0v) is 17.5. The van der Waals surface area contributed by atoms with E-state index in [1.54, 1.807) is 0 Å². The molecule has 16 nitrogen and oxygen atoms in total. The summed E-state index contributed by atoms with van der Waals surface area (Å²) in [5, 5.41) is 14.3. The van der Waals surface area contributed by atoms with Crippen LogP contribution in [-0.2, 0) is 33.3 Å². The summed E-state index contributed by atoms with van der Waals surface area (Å²) < 4.78 is 23.1. The molecule has 0 spiro atoms. The summed E-state index contributed by atoms with van der Waals surface area (Å²) in [5.41, 5.74) is -0.900. The van der Waals surface area contributed by atoms with Gasteiger partial charge in [-0.1, -0.05) is 4.98 Å². The van der Waals surface area contributed by atoms with Gasteiger partial charge in [-0.15, -0.1) is 4.68 Å². The van der Waals surface area contributed by atoms with Gasteiger partial charge >= 0.3 is 29.5 Å². The van der Waals surface area contributed by atoms with Crippen molar-refractivity contribution in [1.29, 1.82) is 0 Å². The number of carbonyl (C=O) groups excluding carboxylic acids is 3. The molecule has 4 atom stereocenters. The minimum Gasteiger partial charge on any atom is -0.463 e. The molecule has 3 heterocycles. The lowest BCUT2D eigenvalue weighted by atomic mass is 10.1. The number of aromatic nitrogens is 5. The molecule has 176 valence electrons. The second-order valence-corrected chi connectivity index (χ2v) is 6.74. The number of rotatable bonds is 7. The van der Waals surface area contributed by atoms with Crippen LogP contribution in [0.3, 0.4) is 0 Å². The van der Waals surface area contributed by atoms with Crippen molar-refractivity contribution in [2.24, 2.45) is 0 Å². The van der Waals surface area contributed by atoms with E-state index in [9.17, 15) is 29.3 Å². The molecule has 16 heteroatoms. The fraction of sp³-hybridized carbons (Fsp3) is 0.471. The zero-order valence-electron chi connectivity index (χ0n) is 17.5. The Morgan fingerprint density at radius 2 is 1.82 bits per heavy atom. The SMILES string of the molecule is CC(=O)OC[C@H]1O[C@@H](n2ccc(-n3cnc([N+](=O)[O-])n3)nc2=O)[C@H](OC(C)=O)[C@@H]1OC(C)=O.